The molecule has 0 bridgehead atoms. The molecule has 5 N–H and O–H groups in total. The van der Waals surface area contributed by atoms with E-state index in [1.54, 1.807) is 24.3 Å². The van der Waals surface area contributed by atoms with E-state index in [1.807, 2.05) is 0 Å². The standard InChI is InChI=1S/C23H25F3N4O5/c1-30-12-20(23(24,25)26)29-22(30)14-2-4-16(5-3-14)35-13-15(31)11-28-8-9-34-17-6-7-19(32)18(10-17)21(27)33/h2-7,10,12,15,28,31-32H,8-9,11,13H2,1H3,(H2,27,33)/i1-1. The second-order valence-corrected chi connectivity index (χ2v) is 7.64. The van der Waals surface area contributed by atoms with Gasteiger partial charge in [-0.2, -0.15) is 13.2 Å². The first-order valence-electron chi connectivity index (χ1n) is 10.5. The summed E-state index contributed by atoms with van der Waals surface area (Å²) in [6, 6.07) is 10.5. The predicted molar refractivity (Wildman–Crippen MR) is 120 cm³/mol. The van der Waals surface area contributed by atoms with Gasteiger partial charge in [-0.15, -0.1) is 0 Å². The zero-order chi connectivity index (χ0) is 25.6. The molecule has 0 saturated carbocycles. The molecule has 3 rings (SSSR count). The lowest BCUT2D eigenvalue weighted by atomic mass is 10.2. The van der Waals surface area contributed by atoms with Gasteiger partial charge < -0.3 is 35.3 Å². The minimum atomic E-state index is -4.52. The van der Waals surface area contributed by atoms with E-state index in [9.17, 15) is 28.2 Å². The van der Waals surface area contributed by atoms with Crippen molar-refractivity contribution >= 4 is 5.91 Å². The number of nitrogens with two attached hydrogens (primary N) is 1. The number of hydrogen-bond acceptors (Lipinski definition) is 7. The molecule has 0 radical (unpaired) electrons. The van der Waals surface area contributed by atoms with Crippen LogP contribution in [0.5, 0.6) is 17.2 Å². The first-order valence-corrected chi connectivity index (χ1v) is 10.5. The number of aryl methyl sites for hydroxylation is 1. The molecule has 1 unspecified atom stereocenters. The molecule has 1 heterocycles. The number of rotatable bonds is 11. The Hall–Kier alpha value is -3.77. The Morgan fingerprint density at radius 1 is 1.17 bits per heavy atom. The average Bonchev–Trinajstić information content (AvgIpc) is 3.21. The maximum atomic E-state index is 12.8. The summed E-state index contributed by atoms with van der Waals surface area (Å²) in [6.07, 6.45) is -4.42. The molecule has 2 aromatic carbocycles. The van der Waals surface area contributed by atoms with Gasteiger partial charge in [0.05, 0.1) is 5.56 Å². The fourth-order valence-corrected chi connectivity index (χ4v) is 3.13. The maximum absolute atomic E-state index is 12.8. The van der Waals surface area contributed by atoms with Crippen LogP contribution in [0, 0.1) is 0 Å². The number of imidazole rings is 1. The molecule has 9 nitrogen and oxygen atoms in total. The Balaban J connectivity index is 1.39. The van der Waals surface area contributed by atoms with E-state index in [0.717, 1.165) is 6.20 Å². The number of amides is 1. The largest absolute Gasteiger partial charge is 0.507 e. The molecule has 1 aromatic heterocycles. The fraction of sp³-hybridized carbons (Fsp3) is 0.304. The van der Waals surface area contributed by atoms with Crippen LogP contribution >= 0.6 is 0 Å². The predicted octanol–water partition coefficient (Wildman–Crippen LogP) is 2.32. The van der Waals surface area contributed by atoms with E-state index in [0.29, 0.717) is 23.6 Å². The number of carbonyl (C=O) groups excluding carboxylic acids is 1. The van der Waals surface area contributed by atoms with Crippen LogP contribution in [0.15, 0.2) is 48.7 Å². The molecule has 0 aliphatic carbocycles. The number of aliphatic hydroxyl groups is 1. The molecule has 3 aromatic rings. The number of phenols is 1. The Labute approximate surface area is 198 Å². The van der Waals surface area contributed by atoms with Gasteiger partial charge in [-0.1, -0.05) is 0 Å². The molecule has 0 aliphatic rings. The molecule has 0 fully saturated rings. The third-order valence-corrected chi connectivity index (χ3v) is 4.88. The minimum absolute atomic E-state index is 0.00619. The number of aromatic hydroxyl groups is 1. The number of nitrogens with one attached hydrogen (secondary N) is 1. The molecule has 1 atom stereocenters. The fourth-order valence-electron chi connectivity index (χ4n) is 3.13. The summed E-state index contributed by atoms with van der Waals surface area (Å²) < 4.78 is 50.8. The number of hydrogen-bond donors (Lipinski definition) is 4. The molecular formula is C23H25F3N4O5. The second kappa shape index (κ2) is 11.1. The molecule has 0 aliphatic heterocycles. The van der Waals surface area contributed by atoms with E-state index in [4.69, 9.17) is 15.2 Å². The van der Waals surface area contributed by atoms with Crippen molar-refractivity contribution in [3.8, 4) is 28.6 Å². The monoisotopic (exact) mass is 493 g/mol. The lowest BCUT2D eigenvalue weighted by Gasteiger charge is -2.14. The second-order valence-electron chi connectivity index (χ2n) is 7.64. The van der Waals surface area contributed by atoms with E-state index >= 15 is 0 Å². The van der Waals surface area contributed by atoms with Crippen molar-refractivity contribution in [3.63, 3.8) is 0 Å². The average molecular weight is 493 g/mol. The van der Waals surface area contributed by atoms with Crippen molar-refractivity contribution in [2.75, 3.05) is 26.3 Å². The molecule has 12 heteroatoms. The maximum Gasteiger partial charge on any atom is 0.434 e. The van der Waals surface area contributed by atoms with Crippen molar-refractivity contribution in [3.05, 3.63) is 59.9 Å². The SMILES string of the molecule is [11CH3]n1cc(C(F)(F)F)nc1-c1ccc(OCC(O)CNCCOc2ccc(O)c(C(N)=O)c2)cc1. The van der Waals surface area contributed by atoms with E-state index in [-0.39, 0.29) is 36.9 Å². The van der Waals surface area contributed by atoms with Crippen molar-refractivity contribution in [2.24, 2.45) is 12.8 Å². The number of halogens is 3. The Morgan fingerprint density at radius 2 is 1.86 bits per heavy atom. The highest BCUT2D eigenvalue weighted by molar-refractivity contribution is 5.95. The summed E-state index contributed by atoms with van der Waals surface area (Å²) in [5.74, 6) is -0.0117. The zero-order valence-electron chi connectivity index (χ0n) is 18.7. The summed E-state index contributed by atoms with van der Waals surface area (Å²) in [4.78, 5) is 14.9. The molecule has 0 saturated heterocycles. The number of aliphatic hydroxyl groups excluding tert-OH is 1. The first-order chi connectivity index (χ1) is 16.5. The number of carbonyl (C=O) groups is 1. The third-order valence-electron chi connectivity index (χ3n) is 4.88. The molecule has 35 heavy (non-hydrogen) atoms. The molecular weight excluding hydrogens is 468 g/mol. The van der Waals surface area contributed by atoms with Gasteiger partial charge in [-0.05, 0) is 42.5 Å². The summed E-state index contributed by atoms with van der Waals surface area (Å²) >= 11 is 0. The van der Waals surface area contributed by atoms with Crippen LogP contribution in [0.25, 0.3) is 11.4 Å². The van der Waals surface area contributed by atoms with Gasteiger partial charge in [0, 0.05) is 31.9 Å². The quantitative estimate of drug-likeness (QED) is 0.302. The highest BCUT2D eigenvalue weighted by Gasteiger charge is 2.34. The number of aromatic nitrogens is 2. The first kappa shape index (κ1) is 25.8. The molecule has 1 amide bonds. The van der Waals surface area contributed by atoms with Gasteiger partial charge in [0.1, 0.15) is 42.4 Å². The van der Waals surface area contributed by atoms with Crippen LogP contribution in [0.1, 0.15) is 16.1 Å². The van der Waals surface area contributed by atoms with Crippen molar-refractivity contribution < 1.29 is 37.7 Å². The van der Waals surface area contributed by atoms with Gasteiger partial charge in [0.25, 0.3) is 5.91 Å². The number of nitrogens with zero attached hydrogens (tertiary/aromatic N) is 2. The Bertz CT molecular complexity index is 1150. The van der Waals surface area contributed by atoms with E-state index < -0.39 is 23.9 Å². The van der Waals surface area contributed by atoms with Gasteiger partial charge in [-0.25, -0.2) is 4.98 Å². The lowest BCUT2D eigenvalue weighted by molar-refractivity contribution is -0.140. The van der Waals surface area contributed by atoms with Gasteiger partial charge in [0.15, 0.2) is 5.69 Å². The van der Waals surface area contributed by atoms with Crippen molar-refractivity contribution in [1.82, 2.24) is 14.9 Å². The van der Waals surface area contributed by atoms with Gasteiger partial charge in [0.2, 0.25) is 0 Å². The van der Waals surface area contributed by atoms with Crippen molar-refractivity contribution in [1.29, 1.82) is 0 Å². The summed E-state index contributed by atoms with van der Waals surface area (Å²) in [6.45, 7) is 0.841. The molecule has 0 spiro atoms. The minimum Gasteiger partial charge on any atom is -0.507 e. The normalized spacial score (nSPS) is 12.4. The van der Waals surface area contributed by atoms with Crippen LogP contribution in [0.3, 0.4) is 0 Å². The number of benzene rings is 2. The molecule has 188 valence electrons. The topological polar surface area (TPSA) is 132 Å². The summed E-state index contributed by atoms with van der Waals surface area (Å²) in [7, 11) is 1.49. The third kappa shape index (κ3) is 7.11. The van der Waals surface area contributed by atoms with Crippen LogP contribution < -0.4 is 20.5 Å². The number of alkyl halides is 3. The summed E-state index contributed by atoms with van der Waals surface area (Å²) in [5, 5.41) is 22.6. The smallest absolute Gasteiger partial charge is 0.434 e. The van der Waals surface area contributed by atoms with Gasteiger partial charge >= 0.3 is 6.18 Å². The lowest BCUT2D eigenvalue weighted by Crippen LogP contribution is -2.33. The van der Waals surface area contributed by atoms with Crippen molar-refractivity contribution in [2.45, 2.75) is 12.3 Å². The van der Waals surface area contributed by atoms with Crippen LogP contribution in [-0.4, -0.2) is 58.1 Å². The highest BCUT2D eigenvalue weighted by atomic mass is 19.4. The number of primary amides is 1. The van der Waals surface area contributed by atoms with Crippen LogP contribution in [-0.2, 0) is 13.2 Å². The Kier molecular flexibility index (Phi) is 8.20. The highest BCUT2D eigenvalue weighted by Crippen LogP contribution is 2.31. The van der Waals surface area contributed by atoms with E-state index in [1.165, 1.54) is 29.8 Å². The van der Waals surface area contributed by atoms with E-state index in [2.05, 4.69) is 10.3 Å². The Morgan fingerprint density at radius 3 is 2.49 bits per heavy atom. The zero-order valence-corrected chi connectivity index (χ0v) is 18.7. The van der Waals surface area contributed by atoms with Crippen LogP contribution in [0.2, 0.25) is 0 Å². The van der Waals surface area contributed by atoms with Gasteiger partial charge in [-0.3, -0.25) is 4.79 Å². The number of ether oxygens (including phenoxy) is 2. The van der Waals surface area contributed by atoms with Crippen LogP contribution in [0.4, 0.5) is 13.2 Å². The summed E-state index contributed by atoms with van der Waals surface area (Å²) in [5.41, 5.74) is 4.66.